The van der Waals surface area contributed by atoms with Gasteiger partial charge in [-0.2, -0.15) is 0 Å². The molecule has 2 N–H and O–H groups in total. The molecule has 0 amide bonds. The van der Waals surface area contributed by atoms with Crippen molar-refractivity contribution in [3.63, 3.8) is 0 Å². The average Bonchev–Trinajstić information content (AvgIpc) is 2.54. The second kappa shape index (κ2) is 3.13. The van der Waals surface area contributed by atoms with Crippen LogP contribution >= 0.6 is 0 Å². The van der Waals surface area contributed by atoms with Gasteiger partial charge in [0.05, 0.1) is 5.69 Å². The highest BCUT2D eigenvalue weighted by atomic mass is 16.3. The first kappa shape index (κ1) is 7.58. The summed E-state index contributed by atoms with van der Waals surface area (Å²) in [6.45, 7) is 0.866. The standard InChI is InChI=1S/C9H12N2O/c12-9-6-7-11(10-9)8-4-2-1-3-5-8/h1-5,9-10,12H,6-7H2. The number of benzene rings is 1. The summed E-state index contributed by atoms with van der Waals surface area (Å²) in [5.41, 5.74) is 4.06. The first-order chi connectivity index (χ1) is 5.86. The van der Waals surface area contributed by atoms with Crippen LogP contribution in [0.4, 0.5) is 5.69 Å². The zero-order chi connectivity index (χ0) is 8.39. The zero-order valence-electron chi connectivity index (χ0n) is 6.77. The third kappa shape index (κ3) is 1.42. The molecule has 0 aliphatic carbocycles. The van der Waals surface area contributed by atoms with Crippen LogP contribution in [-0.2, 0) is 0 Å². The first-order valence-corrected chi connectivity index (χ1v) is 4.13. The maximum absolute atomic E-state index is 9.21. The maximum Gasteiger partial charge on any atom is 0.123 e. The molecule has 0 spiro atoms. The van der Waals surface area contributed by atoms with Crippen molar-refractivity contribution in [2.24, 2.45) is 0 Å². The molecule has 1 unspecified atom stereocenters. The Hall–Kier alpha value is -1.06. The Morgan fingerprint density at radius 1 is 1.33 bits per heavy atom. The Labute approximate surface area is 71.6 Å². The van der Waals surface area contributed by atoms with Gasteiger partial charge in [-0.3, -0.25) is 0 Å². The highest BCUT2D eigenvalue weighted by Gasteiger charge is 2.18. The van der Waals surface area contributed by atoms with Gasteiger partial charge in [-0.25, -0.2) is 5.43 Å². The summed E-state index contributed by atoms with van der Waals surface area (Å²) in [6.07, 6.45) is 0.403. The lowest BCUT2D eigenvalue weighted by atomic mass is 10.3. The van der Waals surface area contributed by atoms with Crippen LogP contribution < -0.4 is 10.4 Å². The van der Waals surface area contributed by atoms with E-state index >= 15 is 0 Å². The van der Waals surface area contributed by atoms with Crippen molar-refractivity contribution in [1.82, 2.24) is 5.43 Å². The molecule has 2 rings (SSSR count). The van der Waals surface area contributed by atoms with E-state index in [0.29, 0.717) is 0 Å². The second-order valence-corrected chi connectivity index (χ2v) is 2.92. The molecule has 64 valence electrons. The average molecular weight is 164 g/mol. The summed E-state index contributed by atoms with van der Waals surface area (Å²) in [4.78, 5) is 0. The van der Waals surface area contributed by atoms with Gasteiger partial charge in [0, 0.05) is 13.0 Å². The van der Waals surface area contributed by atoms with Crippen LogP contribution in [-0.4, -0.2) is 17.9 Å². The lowest BCUT2D eigenvalue weighted by molar-refractivity contribution is 0.159. The number of nitrogens with one attached hydrogen (secondary N) is 1. The number of hydrogen-bond acceptors (Lipinski definition) is 3. The topological polar surface area (TPSA) is 35.5 Å². The Kier molecular flexibility index (Phi) is 1.98. The van der Waals surface area contributed by atoms with Crippen molar-refractivity contribution in [2.75, 3.05) is 11.6 Å². The number of nitrogens with zero attached hydrogens (tertiary/aromatic N) is 1. The summed E-state index contributed by atoms with van der Waals surface area (Å²) < 4.78 is 0. The molecule has 12 heavy (non-hydrogen) atoms. The van der Waals surface area contributed by atoms with E-state index in [1.807, 2.05) is 35.3 Å². The molecule has 0 aromatic heterocycles. The molecule has 3 nitrogen and oxygen atoms in total. The van der Waals surface area contributed by atoms with Crippen molar-refractivity contribution >= 4 is 5.69 Å². The van der Waals surface area contributed by atoms with Crippen molar-refractivity contribution in [3.05, 3.63) is 30.3 Å². The van der Waals surface area contributed by atoms with Gasteiger partial charge in [0.1, 0.15) is 6.23 Å². The van der Waals surface area contributed by atoms with Crippen molar-refractivity contribution in [1.29, 1.82) is 0 Å². The summed E-state index contributed by atoms with van der Waals surface area (Å²) in [7, 11) is 0. The number of para-hydroxylation sites is 1. The first-order valence-electron chi connectivity index (χ1n) is 4.13. The van der Waals surface area contributed by atoms with E-state index in [1.165, 1.54) is 0 Å². The molecular weight excluding hydrogens is 152 g/mol. The zero-order valence-corrected chi connectivity index (χ0v) is 6.77. The molecule has 1 atom stereocenters. The van der Waals surface area contributed by atoms with E-state index in [1.54, 1.807) is 0 Å². The monoisotopic (exact) mass is 164 g/mol. The van der Waals surface area contributed by atoms with Gasteiger partial charge in [-0.15, -0.1) is 0 Å². The van der Waals surface area contributed by atoms with E-state index < -0.39 is 0 Å². The molecule has 0 saturated carbocycles. The maximum atomic E-state index is 9.21. The van der Waals surface area contributed by atoms with Gasteiger partial charge in [-0.1, -0.05) is 18.2 Å². The van der Waals surface area contributed by atoms with Gasteiger partial charge < -0.3 is 10.1 Å². The van der Waals surface area contributed by atoms with E-state index in [9.17, 15) is 5.11 Å². The number of aliphatic hydroxyl groups is 1. The Bertz CT molecular complexity index is 250. The summed E-state index contributed by atoms with van der Waals surface area (Å²) >= 11 is 0. The number of aliphatic hydroxyl groups excluding tert-OH is 1. The Morgan fingerprint density at radius 2 is 2.08 bits per heavy atom. The van der Waals surface area contributed by atoms with Crippen LogP contribution in [0, 0.1) is 0 Å². The fourth-order valence-electron chi connectivity index (χ4n) is 1.37. The molecule has 1 aromatic rings. The van der Waals surface area contributed by atoms with E-state index in [0.717, 1.165) is 18.7 Å². The second-order valence-electron chi connectivity index (χ2n) is 2.92. The third-order valence-corrected chi connectivity index (χ3v) is 2.00. The summed E-state index contributed by atoms with van der Waals surface area (Å²) in [6, 6.07) is 10.00. The van der Waals surface area contributed by atoms with Crippen LogP contribution in [0.1, 0.15) is 6.42 Å². The molecule has 0 radical (unpaired) electrons. The van der Waals surface area contributed by atoms with Crippen molar-refractivity contribution < 1.29 is 5.11 Å². The fraction of sp³-hybridized carbons (Fsp3) is 0.333. The van der Waals surface area contributed by atoms with Gasteiger partial charge >= 0.3 is 0 Å². The Morgan fingerprint density at radius 3 is 2.67 bits per heavy atom. The van der Waals surface area contributed by atoms with Crippen LogP contribution in [0.2, 0.25) is 0 Å². The largest absolute Gasteiger partial charge is 0.377 e. The van der Waals surface area contributed by atoms with Gasteiger partial charge in [0.15, 0.2) is 0 Å². The van der Waals surface area contributed by atoms with E-state index in [2.05, 4.69) is 5.43 Å². The van der Waals surface area contributed by atoms with Crippen LogP contribution in [0.15, 0.2) is 30.3 Å². The Balaban J connectivity index is 2.11. The highest BCUT2D eigenvalue weighted by molar-refractivity contribution is 5.45. The summed E-state index contributed by atoms with van der Waals surface area (Å²) in [5.74, 6) is 0. The minimum Gasteiger partial charge on any atom is -0.377 e. The fourth-order valence-corrected chi connectivity index (χ4v) is 1.37. The van der Waals surface area contributed by atoms with Crippen LogP contribution in [0.25, 0.3) is 0 Å². The number of anilines is 1. The molecule has 1 aliphatic rings. The number of hydrogen-bond donors (Lipinski definition) is 2. The molecule has 1 saturated heterocycles. The predicted octanol–water partition coefficient (Wildman–Crippen LogP) is 0.720. The smallest absolute Gasteiger partial charge is 0.123 e. The molecule has 3 heteroatoms. The third-order valence-electron chi connectivity index (χ3n) is 2.00. The molecule has 1 heterocycles. The lowest BCUT2D eigenvalue weighted by Gasteiger charge is -2.17. The highest BCUT2D eigenvalue weighted by Crippen LogP contribution is 2.15. The van der Waals surface area contributed by atoms with Crippen LogP contribution in [0.5, 0.6) is 0 Å². The minimum atomic E-state index is -0.384. The lowest BCUT2D eigenvalue weighted by Crippen LogP contribution is -2.35. The SMILES string of the molecule is OC1CCN(c2ccccc2)N1. The quantitative estimate of drug-likeness (QED) is 0.642. The molecule has 1 aliphatic heterocycles. The minimum absolute atomic E-state index is 0.384. The molecular formula is C9H12N2O. The van der Waals surface area contributed by atoms with Crippen LogP contribution in [0.3, 0.4) is 0 Å². The van der Waals surface area contributed by atoms with Gasteiger partial charge in [0.2, 0.25) is 0 Å². The number of hydrazine groups is 1. The molecule has 1 aromatic carbocycles. The van der Waals surface area contributed by atoms with Crippen molar-refractivity contribution in [2.45, 2.75) is 12.6 Å². The van der Waals surface area contributed by atoms with Gasteiger partial charge in [0.25, 0.3) is 0 Å². The summed E-state index contributed by atoms with van der Waals surface area (Å²) in [5, 5.41) is 11.2. The van der Waals surface area contributed by atoms with E-state index in [-0.39, 0.29) is 6.23 Å². The normalized spacial score (nSPS) is 23.1. The molecule has 0 bridgehead atoms. The van der Waals surface area contributed by atoms with Crippen molar-refractivity contribution in [3.8, 4) is 0 Å². The number of rotatable bonds is 1. The molecule has 1 fully saturated rings. The predicted molar refractivity (Wildman–Crippen MR) is 47.5 cm³/mol. The van der Waals surface area contributed by atoms with E-state index in [4.69, 9.17) is 0 Å². The van der Waals surface area contributed by atoms with Gasteiger partial charge in [-0.05, 0) is 12.1 Å².